The number of hydrogen-bond donors (Lipinski definition) is 4. The minimum atomic E-state index is -0.757. The largest absolute Gasteiger partial charge is 0.389 e. The molecule has 2 aromatic carbocycles. The predicted octanol–water partition coefficient (Wildman–Crippen LogP) is 3.28. The lowest BCUT2D eigenvalue weighted by Crippen LogP contribution is -2.50. The van der Waals surface area contributed by atoms with Crippen molar-refractivity contribution in [1.82, 2.24) is 24.8 Å². The summed E-state index contributed by atoms with van der Waals surface area (Å²) in [5, 5.41) is 15.8. The Hall–Kier alpha value is -4.68. The number of hydrogen-bond acceptors (Lipinski definition) is 9. The second-order valence-electron chi connectivity index (χ2n) is 10.5. The van der Waals surface area contributed by atoms with Gasteiger partial charge >= 0.3 is 0 Å². The van der Waals surface area contributed by atoms with Gasteiger partial charge in [-0.2, -0.15) is 4.98 Å². The van der Waals surface area contributed by atoms with E-state index in [0.29, 0.717) is 17.8 Å². The summed E-state index contributed by atoms with van der Waals surface area (Å²) in [5.41, 5.74) is 0.950. The van der Waals surface area contributed by atoms with Crippen LogP contribution >= 0.6 is 0 Å². The van der Waals surface area contributed by atoms with Gasteiger partial charge in [-0.15, -0.1) is 0 Å². The van der Waals surface area contributed by atoms with Crippen LogP contribution in [0.1, 0.15) is 13.8 Å². The van der Waals surface area contributed by atoms with Gasteiger partial charge in [0.25, 0.3) is 5.56 Å². The van der Waals surface area contributed by atoms with Crippen LogP contribution in [0.3, 0.4) is 0 Å². The van der Waals surface area contributed by atoms with Crippen LogP contribution in [0.2, 0.25) is 0 Å². The zero-order valence-corrected chi connectivity index (χ0v) is 22.8. The zero-order chi connectivity index (χ0) is 29.1. The Morgan fingerprint density at radius 2 is 1.95 bits per heavy atom. The number of carbonyl (C=O) groups excluding carboxylic acids is 1. The van der Waals surface area contributed by atoms with Crippen molar-refractivity contribution in [3.8, 4) is 11.4 Å². The number of aliphatic hydroxyl groups is 1. The van der Waals surface area contributed by atoms with E-state index in [1.807, 2.05) is 6.07 Å². The Morgan fingerprint density at radius 3 is 2.66 bits per heavy atom. The third kappa shape index (κ3) is 6.73. The third-order valence-corrected chi connectivity index (χ3v) is 6.60. The van der Waals surface area contributed by atoms with Crippen LogP contribution in [-0.2, 0) is 4.79 Å². The summed E-state index contributed by atoms with van der Waals surface area (Å²) in [4.78, 5) is 44.4. The lowest BCUT2D eigenvalue weighted by Gasteiger charge is -2.38. The second-order valence-corrected chi connectivity index (χ2v) is 10.5. The third-order valence-electron chi connectivity index (χ3n) is 6.60. The second kappa shape index (κ2) is 11.4. The molecule has 1 saturated heterocycles. The van der Waals surface area contributed by atoms with Crippen molar-refractivity contribution in [2.75, 3.05) is 48.3 Å². The SMILES string of the molecule is C=CC(=O)Nc1cccc(-c2nc3nc(Nc4ccc(N5CCN(CC(C)(C)O)CC5)cc4F)ncc3c(=O)[nH]2)c1. The first-order valence-corrected chi connectivity index (χ1v) is 13.2. The molecule has 5 rings (SSSR count). The molecule has 0 unspecified atom stereocenters. The van der Waals surface area contributed by atoms with E-state index >= 15 is 4.39 Å². The van der Waals surface area contributed by atoms with Crippen LogP contribution in [0.25, 0.3) is 22.4 Å². The van der Waals surface area contributed by atoms with Crippen LogP contribution in [0, 0.1) is 5.82 Å². The Bertz CT molecular complexity index is 1660. The normalized spacial score (nSPS) is 14.2. The summed E-state index contributed by atoms with van der Waals surface area (Å²) in [5.74, 6) is -0.501. The topological polar surface area (TPSA) is 139 Å². The number of nitrogens with zero attached hydrogens (tertiary/aromatic N) is 5. The number of anilines is 4. The number of aromatic amines is 1. The van der Waals surface area contributed by atoms with Crippen molar-refractivity contribution in [2.45, 2.75) is 19.4 Å². The Labute approximate surface area is 235 Å². The maximum atomic E-state index is 15.1. The van der Waals surface area contributed by atoms with Gasteiger partial charge in [0, 0.05) is 55.9 Å². The molecule has 4 aromatic rings. The molecular formula is C29H31FN8O3. The maximum absolute atomic E-state index is 15.1. The Morgan fingerprint density at radius 1 is 1.17 bits per heavy atom. The highest BCUT2D eigenvalue weighted by Crippen LogP contribution is 2.26. The molecule has 41 heavy (non-hydrogen) atoms. The first kappa shape index (κ1) is 27.9. The number of piperazine rings is 1. The van der Waals surface area contributed by atoms with E-state index in [-0.39, 0.29) is 34.4 Å². The van der Waals surface area contributed by atoms with Gasteiger partial charge in [0.05, 0.1) is 11.3 Å². The van der Waals surface area contributed by atoms with Gasteiger partial charge < -0.3 is 25.6 Å². The fourth-order valence-electron chi connectivity index (χ4n) is 4.70. The summed E-state index contributed by atoms with van der Waals surface area (Å²) < 4.78 is 15.1. The van der Waals surface area contributed by atoms with Crippen LogP contribution in [0.15, 0.2) is 66.1 Å². The molecule has 0 radical (unpaired) electrons. The number of aromatic nitrogens is 4. The predicted molar refractivity (Wildman–Crippen MR) is 157 cm³/mol. The standard InChI is InChI=1S/C29H31FN8O3/c1-4-24(39)32-19-7-5-6-18(14-19)25-34-26-21(27(40)35-25)16-31-28(36-26)33-23-9-8-20(15-22(23)30)38-12-10-37(11-13-38)17-29(2,3)41/h4-9,14-16,41H,1,10-13,17H2,2-3H3,(H,32,39)(H2,31,33,34,35,36,40). The average molecular weight is 559 g/mol. The van der Waals surface area contributed by atoms with Crippen molar-refractivity contribution < 1.29 is 14.3 Å². The summed E-state index contributed by atoms with van der Waals surface area (Å²) in [6.45, 7) is 10.6. The highest BCUT2D eigenvalue weighted by molar-refractivity contribution is 5.99. The number of H-pyrrole nitrogens is 1. The maximum Gasteiger partial charge on any atom is 0.262 e. The lowest BCUT2D eigenvalue weighted by molar-refractivity contribution is -0.111. The molecule has 1 fully saturated rings. The molecule has 0 saturated carbocycles. The molecule has 4 N–H and O–H groups in total. The molecular weight excluding hydrogens is 527 g/mol. The van der Waals surface area contributed by atoms with Crippen LogP contribution in [-0.4, -0.2) is 74.2 Å². The molecule has 0 aliphatic carbocycles. The summed E-state index contributed by atoms with van der Waals surface area (Å²) in [6.07, 6.45) is 2.49. The minimum absolute atomic E-state index is 0.0837. The number of halogens is 1. The summed E-state index contributed by atoms with van der Waals surface area (Å²) in [6, 6.07) is 11.7. The van der Waals surface area contributed by atoms with Crippen LogP contribution in [0.4, 0.5) is 27.4 Å². The van der Waals surface area contributed by atoms with Crippen molar-refractivity contribution in [3.05, 3.63) is 77.5 Å². The van der Waals surface area contributed by atoms with Gasteiger partial charge in [0.15, 0.2) is 5.65 Å². The van der Waals surface area contributed by atoms with Crippen molar-refractivity contribution in [2.24, 2.45) is 0 Å². The van der Waals surface area contributed by atoms with Crippen molar-refractivity contribution >= 4 is 40.0 Å². The van der Waals surface area contributed by atoms with Crippen molar-refractivity contribution in [1.29, 1.82) is 0 Å². The van der Waals surface area contributed by atoms with Crippen LogP contribution in [0.5, 0.6) is 0 Å². The van der Waals surface area contributed by atoms with Gasteiger partial charge in [-0.05, 0) is 50.3 Å². The van der Waals surface area contributed by atoms with E-state index < -0.39 is 17.0 Å². The Balaban J connectivity index is 1.33. The van der Waals surface area contributed by atoms with Crippen LogP contribution < -0.4 is 21.1 Å². The number of β-amino-alcohol motifs (C(OH)–C–C–N with tert-alkyl or cyclic N) is 1. The van der Waals surface area contributed by atoms with E-state index in [2.05, 4.69) is 46.9 Å². The molecule has 0 spiro atoms. The van der Waals surface area contributed by atoms with Gasteiger partial charge in [-0.25, -0.2) is 14.4 Å². The zero-order valence-electron chi connectivity index (χ0n) is 22.8. The molecule has 0 bridgehead atoms. The Kier molecular flexibility index (Phi) is 7.77. The smallest absolute Gasteiger partial charge is 0.262 e. The molecule has 212 valence electrons. The van der Waals surface area contributed by atoms with E-state index in [1.165, 1.54) is 12.3 Å². The fourth-order valence-corrected chi connectivity index (χ4v) is 4.70. The number of nitrogens with one attached hydrogen (secondary N) is 3. The van der Waals surface area contributed by atoms with E-state index in [0.717, 1.165) is 37.9 Å². The first-order chi connectivity index (χ1) is 19.6. The number of fused-ring (bicyclic) bond motifs is 1. The van der Waals surface area contributed by atoms with Crippen molar-refractivity contribution in [3.63, 3.8) is 0 Å². The molecule has 1 amide bonds. The van der Waals surface area contributed by atoms with Gasteiger partial charge in [-0.3, -0.25) is 14.5 Å². The monoisotopic (exact) mass is 558 g/mol. The van der Waals surface area contributed by atoms with E-state index in [1.54, 1.807) is 44.2 Å². The molecule has 12 heteroatoms. The molecule has 2 aromatic heterocycles. The fraction of sp³-hybridized carbons (Fsp3) is 0.276. The van der Waals surface area contributed by atoms with Gasteiger partial charge in [0.2, 0.25) is 11.9 Å². The number of rotatable bonds is 8. The quantitative estimate of drug-likeness (QED) is 0.240. The van der Waals surface area contributed by atoms with E-state index in [9.17, 15) is 14.7 Å². The first-order valence-electron chi connectivity index (χ1n) is 13.2. The highest BCUT2D eigenvalue weighted by Gasteiger charge is 2.23. The number of carbonyl (C=O) groups is 1. The van der Waals surface area contributed by atoms with Gasteiger partial charge in [0.1, 0.15) is 17.0 Å². The average Bonchev–Trinajstić information content (AvgIpc) is 2.93. The van der Waals surface area contributed by atoms with E-state index in [4.69, 9.17) is 0 Å². The summed E-state index contributed by atoms with van der Waals surface area (Å²) >= 11 is 0. The summed E-state index contributed by atoms with van der Waals surface area (Å²) in [7, 11) is 0. The minimum Gasteiger partial charge on any atom is -0.389 e. The number of amides is 1. The van der Waals surface area contributed by atoms with Gasteiger partial charge in [-0.1, -0.05) is 18.7 Å². The molecule has 1 aliphatic rings. The highest BCUT2D eigenvalue weighted by atomic mass is 19.1. The number of benzene rings is 2. The molecule has 0 atom stereocenters. The lowest BCUT2D eigenvalue weighted by atomic mass is 10.1. The molecule has 1 aliphatic heterocycles. The molecule has 11 nitrogen and oxygen atoms in total. The molecule has 3 heterocycles.